The minimum absolute atomic E-state index is 0.103. The lowest BCUT2D eigenvalue weighted by Gasteiger charge is -2.40. The molecule has 2 fully saturated rings. The summed E-state index contributed by atoms with van der Waals surface area (Å²) >= 11 is 1.06. The summed E-state index contributed by atoms with van der Waals surface area (Å²) in [6.07, 6.45) is 4.10. The molecule has 0 aromatic carbocycles. The zero-order valence-electron chi connectivity index (χ0n) is 15.2. The van der Waals surface area contributed by atoms with Crippen LogP contribution in [0.1, 0.15) is 37.9 Å². The Morgan fingerprint density at radius 3 is 2.72 bits per heavy atom. The first kappa shape index (κ1) is 18.8. The number of hydrogen-bond acceptors (Lipinski definition) is 6. The average Bonchev–Trinajstić information content (AvgIpc) is 3.19. The molecular formula is C18H27NO5S. The first-order chi connectivity index (χ1) is 11.9. The fraction of sp³-hybridized carbons (Fsp3) is 0.778. The molecular weight excluding hydrogens is 342 g/mol. The SMILES string of the molecule is COCCOCCO[C@@H]1C[C@H]2CC[C@]1(C(=O)n1ccsc1=O)C2(C)C. The molecule has 0 radical (unpaired) electrons. The maximum Gasteiger partial charge on any atom is 0.313 e. The maximum atomic E-state index is 13.4. The molecule has 1 aromatic rings. The normalized spacial score (nSPS) is 30.0. The summed E-state index contributed by atoms with van der Waals surface area (Å²) in [4.78, 5) is 25.2. The van der Waals surface area contributed by atoms with Gasteiger partial charge < -0.3 is 14.2 Å². The van der Waals surface area contributed by atoms with Crippen LogP contribution in [0.5, 0.6) is 0 Å². The van der Waals surface area contributed by atoms with Gasteiger partial charge in [-0.1, -0.05) is 25.2 Å². The summed E-state index contributed by atoms with van der Waals surface area (Å²) in [5, 5.41) is 1.67. The summed E-state index contributed by atoms with van der Waals surface area (Å²) in [7, 11) is 1.64. The van der Waals surface area contributed by atoms with E-state index in [-0.39, 0.29) is 22.3 Å². The molecule has 2 saturated carbocycles. The van der Waals surface area contributed by atoms with E-state index in [1.54, 1.807) is 18.7 Å². The topological polar surface area (TPSA) is 66.8 Å². The van der Waals surface area contributed by atoms with Crippen molar-refractivity contribution >= 4 is 17.2 Å². The molecule has 2 aliphatic rings. The second kappa shape index (κ2) is 7.31. The van der Waals surface area contributed by atoms with E-state index in [4.69, 9.17) is 14.2 Å². The number of aromatic nitrogens is 1. The van der Waals surface area contributed by atoms with Crippen LogP contribution in [0.4, 0.5) is 0 Å². The highest BCUT2D eigenvalue weighted by Crippen LogP contribution is 2.67. The third-order valence-corrected chi connectivity index (χ3v) is 6.92. The summed E-state index contributed by atoms with van der Waals surface area (Å²) in [5.41, 5.74) is -0.803. The molecule has 2 aliphatic carbocycles. The van der Waals surface area contributed by atoms with Crippen molar-refractivity contribution in [2.75, 3.05) is 33.5 Å². The molecule has 0 unspecified atom stereocenters. The van der Waals surface area contributed by atoms with E-state index in [0.29, 0.717) is 32.3 Å². The summed E-state index contributed by atoms with van der Waals surface area (Å²) in [6.45, 7) is 6.32. The van der Waals surface area contributed by atoms with Gasteiger partial charge in [-0.05, 0) is 30.6 Å². The van der Waals surface area contributed by atoms with Crippen molar-refractivity contribution in [3.8, 4) is 0 Å². The molecule has 3 rings (SSSR count). The molecule has 1 aromatic heterocycles. The number of thiazole rings is 1. The van der Waals surface area contributed by atoms with Gasteiger partial charge in [-0.15, -0.1) is 0 Å². The van der Waals surface area contributed by atoms with Gasteiger partial charge in [0, 0.05) is 18.7 Å². The zero-order chi connectivity index (χ0) is 18.1. The van der Waals surface area contributed by atoms with Gasteiger partial charge in [0.15, 0.2) is 0 Å². The van der Waals surface area contributed by atoms with Crippen LogP contribution in [0.2, 0.25) is 0 Å². The molecule has 0 amide bonds. The minimum atomic E-state index is -0.630. The molecule has 2 bridgehead atoms. The number of fused-ring (bicyclic) bond motifs is 2. The van der Waals surface area contributed by atoms with Crippen molar-refractivity contribution in [3.05, 3.63) is 21.2 Å². The van der Waals surface area contributed by atoms with Crippen LogP contribution in [-0.4, -0.2) is 50.1 Å². The van der Waals surface area contributed by atoms with Gasteiger partial charge >= 0.3 is 4.87 Å². The minimum Gasteiger partial charge on any atom is -0.382 e. The van der Waals surface area contributed by atoms with E-state index in [2.05, 4.69) is 13.8 Å². The second-order valence-electron chi connectivity index (χ2n) is 7.47. The Bertz CT molecular complexity index is 666. The Morgan fingerprint density at radius 1 is 1.32 bits per heavy atom. The molecule has 6 nitrogen and oxygen atoms in total. The summed E-state index contributed by atoms with van der Waals surface area (Å²) in [5.74, 6) is 0.347. The number of ether oxygens (including phenoxy) is 3. The predicted octanol–water partition coefficient (Wildman–Crippen LogP) is 2.42. The second-order valence-corrected chi connectivity index (χ2v) is 8.33. The van der Waals surface area contributed by atoms with E-state index in [1.807, 2.05) is 0 Å². The molecule has 0 spiro atoms. The molecule has 0 N–H and O–H groups in total. The highest BCUT2D eigenvalue weighted by molar-refractivity contribution is 7.07. The number of hydrogen-bond donors (Lipinski definition) is 0. The maximum absolute atomic E-state index is 13.4. The van der Waals surface area contributed by atoms with Crippen LogP contribution in [0.25, 0.3) is 0 Å². The number of rotatable bonds is 8. The quantitative estimate of drug-likeness (QED) is 0.659. The third kappa shape index (κ3) is 3.01. The molecule has 3 atom stereocenters. The van der Waals surface area contributed by atoms with E-state index in [1.165, 1.54) is 4.57 Å². The van der Waals surface area contributed by atoms with Crippen molar-refractivity contribution in [1.29, 1.82) is 0 Å². The first-order valence-electron chi connectivity index (χ1n) is 8.84. The van der Waals surface area contributed by atoms with E-state index in [9.17, 15) is 9.59 Å². The third-order valence-electron chi connectivity index (χ3n) is 6.26. The molecule has 0 aliphatic heterocycles. The van der Waals surface area contributed by atoms with Gasteiger partial charge in [-0.25, -0.2) is 4.57 Å². The van der Waals surface area contributed by atoms with E-state index >= 15 is 0 Å². The van der Waals surface area contributed by atoms with Crippen LogP contribution < -0.4 is 4.87 Å². The highest BCUT2D eigenvalue weighted by Gasteiger charge is 2.68. The van der Waals surface area contributed by atoms with Crippen molar-refractivity contribution in [1.82, 2.24) is 4.57 Å². The molecule has 140 valence electrons. The van der Waals surface area contributed by atoms with Gasteiger partial charge in [0.1, 0.15) is 0 Å². The number of nitrogens with zero attached hydrogens (tertiary/aromatic N) is 1. The standard InChI is InChI=1S/C18H27NO5S/c1-17(2)13-4-5-18(17,15(20)19-6-11-25-16(19)21)14(12-13)24-10-9-23-8-7-22-3/h6,11,13-14H,4-5,7-10,12H2,1-3H3/t13-,14-,18+/m1/s1. The molecule has 25 heavy (non-hydrogen) atoms. The number of methoxy groups -OCH3 is 1. The van der Waals surface area contributed by atoms with Crippen molar-refractivity contribution in [2.24, 2.45) is 16.7 Å². The number of carbonyl (C=O) groups is 1. The van der Waals surface area contributed by atoms with E-state index in [0.717, 1.165) is 30.6 Å². The van der Waals surface area contributed by atoms with Crippen LogP contribution in [0, 0.1) is 16.7 Å². The Morgan fingerprint density at radius 2 is 2.08 bits per heavy atom. The van der Waals surface area contributed by atoms with Crippen molar-refractivity contribution < 1.29 is 19.0 Å². The smallest absolute Gasteiger partial charge is 0.313 e. The Hall–Kier alpha value is -1.02. The molecule has 7 heteroatoms. The Kier molecular flexibility index (Phi) is 5.48. The Labute approximate surface area is 152 Å². The molecule has 0 saturated heterocycles. The molecule has 1 heterocycles. The van der Waals surface area contributed by atoms with Crippen LogP contribution in [0.3, 0.4) is 0 Å². The summed E-state index contributed by atoms with van der Waals surface area (Å²) < 4.78 is 17.8. The van der Waals surface area contributed by atoms with Gasteiger partial charge in [-0.3, -0.25) is 9.59 Å². The van der Waals surface area contributed by atoms with Gasteiger partial charge in [0.25, 0.3) is 0 Å². The Balaban J connectivity index is 1.74. The van der Waals surface area contributed by atoms with Gasteiger partial charge in [0.2, 0.25) is 5.91 Å². The zero-order valence-corrected chi connectivity index (χ0v) is 16.0. The van der Waals surface area contributed by atoms with Gasteiger partial charge in [-0.2, -0.15) is 0 Å². The predicted molar refractivity (Wildman–Crippen MR) is 95.2 cm³/mol. The van der Waals surface area contributed by atoms with E-state index < -0.39 is 5.41 Å². The van der Waals surface area contributed by atoms with Crippen LogP contribution >= 0.6 is 11.3 Å². The fourth-order valence-electron chi connectivity index (χ4n) is 4.75. The lowest BCUT2D eigenvalue weighted by Crippen LogP contribution is -2.50. The monoisotopic (exact) mass is 369 g/mol. The van der Waals surface area contributed by atoms with Gasteiger partial charge in [0.05, 0.1) is 37.9 Å². The van der Waals surface area contributed by atoms with Crippen LogP contribution in [0.15, 0.2) is 16.4 Å². The van der Waals surface area contributed by atoms with Crippen molar-refractivity contribution in [2.45, 2.75) is 39.2 Å². The largest absolute Gasteiger partial charge is 0.382 e. The fourth-order valence-corrected chi connectivity index (χ4v) is 5.31. The van der Waals surface area contributed by atoms with Crippen LogP contribution in [-0.2, 0) is 14.2 Å². The summed E-state index contributed by atoms with van der Waals surface area (Å²) in [6, 6.07) is 0. The average molecular weight is 369 g/mol. The highest BCUT2D eigenvalue weighted by atomic mass is 32.1. The lowest BCUT2D eigenvalue weighted by atomic mass is 9.67. The first-order valence-corrected chi connectivity index (χ1v) is 9.72. The lowest BCUT2D eigenvalue weighted by molar-refractivity contribution is -0.0631. The number of carbonyl (C=O) groups excluding carboxylic acids is 1. The van der Waals surface area contributed by atoms with Crippen molar-refractivity contribution in [3.63, 3.8) is 0 Å².